The first-order valence-electron chi connectivity index (χ1n) is 7.04. The zero-order chi connectivity index (χ0) is 15.6. The van der Waals surface area contributed by atoms with Gasteiger partial charge in [-0.1, -0.05) is 34.1 Å². The van der Waals surface area contributed by atoms with Gasteiger partial charge in [-0.3, -0.25) is 0 Å². The molecule has 0 bridgehead atoms. The van der Waals surface area contributed by atoms with E-state index in [2.05, 4.69) is 40.2 Å². The molecule has 0 unspecified atom stereocenters. The second kappa shape index (κ2) is 6.85. The maximum Gasteiger partial charge on any atom is 0.165 e. The highest BCUT2D eigenvalue weighted by Gasteiger charge is 2.38. The summed E-state index contributed by atoms with van der Waals surface area (Å²) in [4.78, 5) is 0. The number of ether oxygens (including phenoxy) is 1. The molecule has 0 aromatic heterocycles. The number of halogens is 2. The van der Waals surface area contributed by atoms with Crippen LogP contribution >= 0.6 is 39.5 Å². The van der Waals surface area contributed by atoms with Crippen molar-refractivity contribution in [1.29, 1.82) is 0 Å². The third-order valence-corrected chi connectivity index (χ3v) is 7.63. The van der Waals surface area contributed by atoms with E-state index in [1.54, 1.807) is 0 Å². The largest absolute Gasteiger partial charge is 0.494 e. The summed E-state index contributed by atoms with van der Waals surface area (Å²) in [5.41, 5.74) is 2.32. The van der Waals surface area contributed by atoms with Gasteiger partial charge in [0.15, 0.2) is 11.6 Å². The lowest BCUT2D eigenvalue weighted by molar-refractivity contribution is 0.386. The normalized spacial score (nSPS) is 17.2. The molecule has 0 N–H and O–H groups in total. The molecule has 0 amide bonds. The lowest BCUT2D eigenvalue weighted by Crippen LogP contribution is -2.24. The molecular weight excluding hydrogens is 383 g/mol. The second-order valence-electron chi connectivity index (χ2n) is 5.02. The monoisotopic (exact) mass is 398 g/mol. The van der Waals surface area contributed by atoms with Gasteiger partial charge in [0.05, 0.1) is 7.11 Å². The van der Waals surface area contributed by atoms with Crippen LogP contribution < -0.4 is 4.74 Å². The van der Waals surface area contributed by atoms with Crippen LogP contribution in [0.3, 0.4) is 0 Å². The van der Waals surface area contributed by atoms with E-state index in [0.29, 0.717) is 5.75 Å². The molecule has 22 heavy (non-hydrogen) atoms. The molecule has 3 rings (SSSR count). The number of thioether (sulfide) groups is 2. The van der Waals surface area contributed by atoms with Gasteiger partial charge in [0, 0.05) is 4.47 Å². The number of methoxy groups -OCH3 is 1. The fraction of sp³-hybridized carbons (Fsp3) is 0.294. The van der Waals surface area contributed by atoms with E-state index in [-0.39, 0.29) is 9.90 Å². The zero-order valence-corrected chi connectivity index (χ0v) is 15.4. The summed E-state index contributed by atoms with van der Waals surface area (Å²) in [6.07, 6.45) is 1.20. The van der Waals surface area contributed by atoms with Crippen molar-refractivity contribution in [2.75, 3.05) is 18.6 Å². The van der Waals surface area contributed by atoms with E-state index in [1.807, 2.05) is 35.7 Å². The molecular formula is C17H16BrFOS2. The Labute approximate surface area is 147 Å². The molecule has 0 aliphatic carbocycles. The van der Waals surface area contributed by atoms with E-state index in [4.69, 9.17) is 4.74 Å². The number of benzene rings is 2. The van der Waals surface area contributed by atoms with Crippen LogP contribution in [0.1, 0.15) is 17.5 Å². The topological polar surface area (TPSA) is 9.23 Å². The number of hydrogen-bond acceptors (Lipinski definition) is 3. The van der Waals surface area contributed by atoms with Crippen LogP contribution in [-0.4, -0.2) is 18.6 Å². The first-order chi connectivity index (χ1) is 10.7. The maximum atomic E-state index is 13.8. The lowest BCUT2D eigenvalue weighted by Gasteiger charge is -2.37. The van der Waals surface area contributed by atoms with Gasteiger partial charge < -0.3 is 4.74 Å². The highest BCUT2D eigenvalue weighted by atomic mass is 79.9. The molecule has 116 valence electrons. The SMILES string of the molecule is COc1cc(C2(c3ccc(Br)cc3)SCCCS2)ccc1F. The fourth-order valence-electron chi connectivity index (χ4n) is 2.57. The standard InChI is InChI=1S/C17H16BrFOS2/c1-20-16-11-13(5-8-15(16)19)17(21-9-2-10-22-17)12-3-6-14(18)7-4-12/h3-8,11H,2,9-10H2,1H3. The van der Waals surface area contributed by atoms with Crippen molar-refractivity contribution in [3.63, 3.8) is 0 Å². The van der Waals surface area contributed by atoms with Crippen LogP contribution in [0.2, 0.25) is 0 Å². The van der Waals surface area contributed by atoms with Crippen molar-refractivity contribution in [3.05, 3.63) is 63.9 Å². The molecule has 1 nitrogen and oxygen atoms in total. The molecule has 2 aromatic rings. The van der Waals surface area contributed by atoms with Crippen LogP contribution in [0.15, 0.2) is 46.9 Å². The minimum Gasteiger partial charge on any atom is -0.494 e. The molecule has 0 saturated carbocycles. The van der Waals surface area contributed by atoms with E-state index in [1.165, 1.54) is 25.2 Å². The van der Waals surface area contributed by atoms with E-state index < -0.39 is 0 Å². The van der Waals surface area contributed by atoms with Crippen molar-refractivity contribution in [3.8, 4) is 5.75 Å². The Balaban J connectivity index is 2.11. The summed E-state index contributed by atoms with van der Waals surface area (Å²) in [5.74, 6) is 2.19. The summed E-state index contributed by atoms with van der Waals surface area (Å²) in [7, 11) is 1.51. The van der Waals surface area contributed by atoms with E-state index in [0.717, 1.165) is 21.5 Å². The molecule has 1 aliphatic rings. The van der Waals surface area contributed by atoms with Crippen LogP contribution in [0, 0.1) is 5.82 Å². The van der Waals surface area contributed by atoms with E-state index in [9.17, 15) is 4.39 Å². The molecule has 1 heterocycles. The Morgan fingerprint density at radius 1 is 1.05 bits per heavy atom. The van der Waals surface area contributed by atoms with Gasteiger partial charge in [0.1, 0.15) is 4.08 Å². The van der Waals surface area contributed by atoms with Gasteiger partial charge in [0.25, 0.3) is 0 Å². The molecule has 0 radical (unpaired) electrons. The smallest absolute Gasteiger partial charge is 0.165 e. The predicted molar refractivity (Wildman–Crippen MR) is 97.4 cm³/mol. The Bertz CT molecular complexity index is 654. The molecule has 1 fully saturated rings. The highest BCUT2D eigenvalue weighted by Crippen LogP contribution is 2.55. The minimum absolute atomic E-state index is 0.195. The van der Waals surface area contributed by atoms with Crippen molar-refractivity contribution < 1.29 is 9.13 Å². The highest BCUT2D eigenvalue weighted by molar-refractivity contribution is 9.10. The van der Waals surface area contributed by atoms with E-state index >= 15 is 0 Å². The summed E-state index contributed by atoms with van der Waals surface area (Å²) in [5, 5.41) is 0. The summed E-state index contributed by atoms with van der Waals surface area (Å²) in [6, 6.07) is 13.6. The molecule has 0 atom stereocenters. The average Bonchev–Trinajstić information content (AvgIpc) is 2.56. The van der Waals surface area contributed by atoms with Gasteiger partial charge in [-0.05, 0) is 53.3 Å². The first kappa shape index (κ1) is 16.2. The lowest BCUT2D eigenvalue weighted by atomic mass is 10.0. The predicted octanol–water partition coefficient (Wildman–Crippen LogP) is 5.67. The third-order valence-electron chi connectivity index (χ3n) is 3.65. The Morgan fingerprint density at radius 3 is 2.32 bits per heavy atom. The summed E-state index contributed by atoms with van der Waals surface area (Å²) < 4.78 is 19.8. The Morgan fingerprint density at radius 2 is 1.68 bits per heavy atom. The Kier molecular flexibility index (Phi) is 5.05. The van der Waals surface area contributed by atoms with Gasteiger partial charge in [-0.15, -0.1) is 23.5 Å². The second-order valence-corrected chi connectivity index (χ2v) is 8.82. The van der Waals surface area contributed by atoms with Crippen molar-refractivity contribution >= 4 is 39.5 Å². The maximum absolute atomic E-state index is 13.8. The molecule has 1 aliphatic heterocycles. The van der Waals surface area contributed by atoms with Crippen LogP contribution in [0.5, 0.6) is 5.75 Å². The van der Waals surface area contributed by atoms with Gasteiger partial charge >= 0.3 is 0 Å². The van der Waals surface area contributed by atoms with Gasteiger partial charge in [-0.25, -0.2) is 4.39 Å². The van der Waals surface area contributed by atoms with Crippen molar-refractivity contribution in [2.45, 2.75) is 10.5 Å². The van der Waals surface area contributed by atoms with Crippen LogP contribution in [0.4, 0.5) is 4.39 Å². The average molecular weight is 399 g/mol. The van der Waals surface area contributed by atoms with Crippen LogP contribution in [0.25, 0.3) is 0 Å². The molecule has 0 spiro atoms. The Hall–Kier alpha value is -0.650. The molecule has 5 heteroatoms. The summed E-state index contributed by atoms with van der Waals surface area (Å²) >= 11 is 7.33. The van der Waals surface area contributed by atoms with Gasteiger partial charge in [-0.2, -0.15) is 0 Å². The van der Waals surface area contributed by atoms with Crippen molar-refractivity contribution in [1.82, 2.24) is 0 Å². The van der Waals surface area contributed by atoms with Gasteiger partial charge in [0.2, 0.25) is 0 Å². The first-order valence-corrected chi connectivity index (χ1v) is 9.80. The molecule has 1 saturated heterocycles. The molecule has 2 aromatic carbocycles. The number of rotatable bonds is 3. The fourth-order valence-corrected chi connectivity index (χ4v) is 6.19. The minimum atomic E-state index is -0.317. The van der Waals surface area contributed by atoms with Crippen molar-refractivity contribution in [2.24, 2.45) is 0 Å². The number of hydrogen-bond donors (Lipinski definition) is 0. The quantitative estimate of drug-likeness (QED) is 0.658. The van der Waals surface area contributed by atoms with Crippen LogP contribution in [-0.2, 0) is 4.08 Å². The zero-order valence-electron chi connectivity index (χ0n) is 12.1. The summed E-state index contributed by atoms with van der Waals surface area (Å²) in [6.45, 7) is 0. The third kappa shape index (κ3) is 3.03.